The highest BCUT2D eigenvalue weighted by atomic mass is 35.5. The summed E-state index contributed by atoms with van der Waals surface area (Å²) in [7, 11) is 0. The van der Waals surface area contributed by atoms with E-state index in [1.165, 1.54) is 20.5 Å². The number of fused-ring (bicyclic) bond motifs is 3. The lowest BCUT2D eigenvalue weighted by molar-refractivity contribution is -0.135. The van der Waals surface area contributed by atoms with Gasteiger partial charge in [0, 0.05) is 22.5 Å². The Morgan fingerprint density at radius 1 is 1.13 bits per heavy atom. The number of piperidine rings is 1. The van der Waals surface area contributed by atoms with Crippen LogP contribution in [0, 0.1) is 0 Å². The molecule has 0 spiro atoms. The molecule has 1 aliphatic heterocycles. The maximum Gasteiger partial charge on any atom is 0.337 e. The molecule has 0 N–H and O–H groups in total. The molecule has 1 amide bonds. The standard InChI is InChI=1S/C23H24ClN3O3S/c1-14-5-2-3-12-25(14)19(28)13-26-22-20(17-6-4-7-18(17)31-22)21(29)27(23(26)30)16-10-8-15(24)9-11-16/h8-11,14H,2-7,12-13H2,1H3/t14-/m1/s1. The molecule has 2 aromatic heterocycles. The molecule has 3 heterocycles. The maximum absolute atomic E-state index is 13.5. The number of amides is 1. The zero-order valence-corrected chi connectivity index (χ0v) is 19.0. The first-order valence-corrected chi connectivity index (χ1v) is 12.0. The summed E-state index contributed by atoms with van der Waals surface area (Å²) in [6, 6.07) is 6.83. The average molecular weight is 458 g/mol. The Kier molecular flexibility index (Phi) is 5.26. The second-order valence-corrected chi connectivity index (χ2v) is 9.98. The molecule has 8 heteroatoms. The Morgan fingerprint density at radius 2 is 1.90 bits per heavy atom. The van der Waals surface area contributed by atoms with Crippen molar-refractivity contribution in [1.29, 1.82) is 0 Å². The molecule has 1 saturated heterocycles. The zero-order valence-electron chi connectivity index (χ0n) is 17.4. The fourth-order valence-corrected chi connectivity index (χ4v) is 6.36. The Labute approximate surface area is 188 Å². The highest BCUT2D eigenvalue weighted by molar-refractivity contribution is 7.19. The molecule has 1 aromatic carbocycles. The summed E-state index contributed by atoms with van der Waals surface area (Å²) in [5, 5.41) is 1.12. The van der Waals surface area contributed by atoms with Crippen LogP contribution in [0.2, 0.25) is 5.02 Å². The minimum absolute atomic E-state index is 0.0487. The number of hydrogen-bond donors (Lipinski definition) is 0. The average Bonchev–Trinajstić information content (AvgIpc) is 3.34. The van der Waals surface area contributed by atoms with E-state index >= 15 is 0 Å². The van der Waals surface area contributed by atoms with Gasteiger partial charge in [-0.15, -0.1) is 11.3 Å². The van der Waals surface area contributed by atoms with Crippen molar-refractivity contribution in [3.05, 3.63) is 60.6 Å². The Balaban J connectivity index is 1.70. The lowest BCUT2D eigenvalue weighted by atomic mass is 10.0. The first-order chi connectivity index (χ1) is 15.0. The smallest absolute Gasteiger partial charge is 0.337 e. The van der Waals surface area contributed by atoms with Crippen LogP contribution in [0.4, 0.5) is 0 Å². The van der Waals surface area contributed by atoms with Crippen LogP contribution in [-0.2, 0) is 24.2 Å². The first kappa shape index (κ1) is 20.5. The van der Waals surface area contributed by atoms with E-state index in [2.05, 4.69) is 6.92 Å². The van der Waals surface area contributed by atoms with E-state index in [0.29, 0.717) is 20.9 Å². The predicted octanol–water partition coefficient (Wildman–Crippen LogP) is 3.76. The fourth-order valence-electron chi connectivity index (χ4n) is 4.86. The van der Waals surface area contributed by atoms with Crippen LogP contribution < -0.4 is 11.2 Å². The summed E-state index contributed by atoms with van der Waals surface area (Å²) < 4.78 is 2.70. The Bertz CT molecular complexity index is 1290. The van der Waals surface area contributed by atoms with Gasteiger partial charge in [-0.2, -0.15) is 0 Å². The van der Waals surface area contributed by atoms with Crippen molar-refractivity contribution in [2.45, 2.75) is 58.0 Å². The summed E-state index contributed by atoms with van der Waals surface area (Å²) in [6.07, 6.45) is 5.85. The van der Waals surface area contributed by atoms with E-state index in [9.17, 15) is 14.4 Å². The third-order valence-electron chi connectivity index (χ3n) is 6.49. The molecular formula is C23H24ClN3O3S. The molecule has 6 nitrogen and oxygen atoms in total. The van der Waals surface area contributed by atoms with Crippen LogP contribution in [0.3, 0.4) is 0 Å². The number of carbonyl (C=O) groups excluding carboxylic acids is 1. The zero-order chi connectivity index (χ0) is 21.7. The minimum Gasteiger partial charge on any atom is -0.338 e. The van der Waals surface area contributed by atoms with Crippen molar-refractivity contribution >= 4 is 39.1 Å². The van der Waals surface area contributed by atoms with Gasteiger partial charge in [0.15, 0.2) is 0 Å². The minimum atomic E-state index is -0.474. The van der Waals surface area contributed by atoms with Gasteiger partial charge in [0.25, 0.3) is 5.56 Å². The van der Waals surface area contributed by atoms with Crippen LogP contribution in [0.15, 0.2) is 33.9 Å². The summed E-state index contributed by atoms with van der Waals surface area (Å²) >= 11 is 7.51. The lowest BCUT2D eigenvalue weighted by Gasteiger charge is -2.33. The fraction of sp³-hybridized carbons (Fsp3) is 0.435. The molecule has 31 heavy (non-hydrogen) atoms. The third-order valence-corrected chi connectivity index (χ3v) is 8.06. The van der Waals surface area contributed by atoms with Gasteiger partial charge < -0.3 is 4.90 Å². The lowest BCUT2D eigenvalue weighted by Crippen LogP contribution is -2.46. The van der Waals surface area contributed by atoms with E-state index in [0.717, 1.165) is 55.5 Å². The highest BCUT2D eigenvalue weighted by Gasteiger charge is 2.28. The van der Waals surface area contributed by atoms with Crippen molar-refractivity contribution in [3.63, 3.8) is 0 Å². The van der Waals surface area contributed by atoms with E-state index in [1.807, 2.05) is 4.90 Å². The van der Waals surface area contributed by atoms with Gasteiger partial charge in [0.2, 0.25) is 5.91 Å². The number of halogens is 1. The SMILES string of the molecule is C[C@@H]1CCCCN1C(=O)Cn1c(=O)n(-c2ccc(Cl)cc2)c(=O)c2c3c(sc21)CCC3. The summed E-state index contributed by atoms with van der Waals surface area (Å²) in [5.74, 6) is -0.0644. The van der Waals surface area contributed by atoms with Crippen LogP contribution >= 0.6 is 22.9 Å². The quantitative estimate of drug-likeness (QED) is 0.601. The van der Waals surface area contributed by atoms with E-state index in [4.69, 9.17) is 11.6 Å². The predicted molar refractivity (Wildman–Crippen MR) is 124 cm³/mol. The molecule has 1 fully saturated rings. The first-order valence-electron chi connectivity index (χ1n) is 10.8. The van der Waals surface area contributed by atoms with E-state index < -0.39 is 5.69 Å². The number of hydrogen-bond acceptors (Lipinski definition) is 4. The number of rotatable bonds is 3. The molecule has 5 rings (SSSR count). The van der Waals surface area contributed by atoms with E-state index in [1.54, 1.807) is 24.3 Å². The molecule has 1 atom stereocenters. The summed E-state index contributed by atoms with van der Waals surface area (Å²) in [4.78, 5) is 43.9. The van der Waals surface area contributed by atoms with Gasteiger partial charge in [0.1, 0.15) is 11.4 Å². The third kappa shape index (κ3) is 3.44. The van der Waals surface area contributed by atoms with Gasteiger partial charge in [-0.25, -0.2) is 9.36 Å². The highest BCUT2D eigenvalue weighted by Crippen LogP contribution is 2.35. The van der Waals surface area contributed by atoms with Crippen molar-refractivity contribution in [1.82, 2.24) is 14.0 Å². The van der Waals surface area contributed by atoms with Crippen LogP contribution in [-0.4, -0.2) is 32.5 Å². The number of likely N-dealkylation sites (tertiary alicyclic amines) is 1. The van der Waals surface area contributed by atoms with Gasteiger partial charge in [0.05, 0.1) is 11.1 Å². The molecule has 0 bridgehead atoms. The molecule has 0 saturated carbocycles. The Hall–Kier alpha value is -2.38. The number of thiophene rings is 1. The van der Waals surface area contributed by atoms with Crippen LogP contribution in [0.1, 0.15) is 43.0 Å². The molecule has 1 aliphatic carbocycles. The number of carbonyl (C=O) groups is 1. The van der Waals surface area contributed by atoms with Crippen molar-refractivity contribution in [2.75, 3.05) is 6.54 Å². The number of nitrogens with zero attached hydrogens (tertiary/aromatic N) is 3. The van der Waals surface area contributed by atoms with E-state index in [-0.39, 0.29) is 24.1 Å². The van der Waals surface area contributed by atoms with Crippen molar-refractivity contribution < 1.29 is 4.79 Å². The largest absolute Gasteiger partial charge is 0.338 e. The number of aryl methyl sites for hydroxylation is 2. The van der Waals surface area contributed by atoms with Crippen molar-refractivity contribution in [3.8, 4) is 5.69 Å². The molecule has 3 aromatic rings. The molecule has 0 unspecified atom stereocenters. The van der Waals surface area contributed by atoms with Gasteiger partial charge >= 0.3 is 5.69 Å². The second kappa shape index (κ2) is 7.95. The Morgan fingerprint density at radius 3 is 2.65 bits per heavy atom. The monoisotopic (exact) mass is 457 g/mol. The summed E-state index contributed by atoms with van der Waals surface area (Å²) in [5.41, 5.74) is 0.724. The molecular weight excluding hydrogens is 434 g/mol. The summed E-state index contributed by atoms with van der Waals surface area (Å²) in [6.45, 7) is 2.73. The molecule has 0 radical (unpaired) electrons. The number of aromatic nitrogens is 2. The topological polar surface area (TPSA) is 64.3 Å². The molecule has 162 valence electrons. The van der Waals surface area contributed by atoms with Gasteiger partial charge in [-0.05, 0) is 75.3 Å². The van der Waals surface area contributed by atoms with Crippen LogP contribution in [0.5, 0.6) is 0 Å². The number of benzene rings is 1. The van der Waals surface area contributed by atoms with Gasteiger partial charge in [-0.1, -0.05) is 11.6 Å². The molecule has 2 aliphatic rings. The maximum atomic E-state index is 13.5. The van der Waals surface area contributed by atoms with Gasteiger partial charge in [-0.3, -0.25) is 14.2 Å². The van der Waals surface area contributed by atoms with Crippen LogP contribution in [0.25, 0.3) is 15.9 Å². The van der Waals surface area contributed by atoms with Crippen molar-refractivity contribution in [2.24, 2.45) is 0 Å². The second-order valence-electron chi connectivity index (χ2n) is 8.46. The normalized spacial score (nSPS) is 18.5.